The third-order valence-electron chi connectivity index (χ3n) is 2.71. The zero-order valence-electron chi connectivity index (χ0n) is 7.14. The van der Waals surface area contributed by atoms with E-state index in [1.54, 1.807) is 4.90 Å². The molecule has 0 aromatic heterocycles. The Hall–Kier alpha value is -0.620. The molecule has 2 unspecified atom stereocenters. The Morgan fingerprint density at radius 2 is 2.23 bits per heavy atom. The lowest BCUT2D eigenvalue weighted by molar-refractivity contribution is -0.128. The Morgan fingerprint density at radius 3 is 2.69 bits per heavy atom. The fourth-order valence-electron chi connectivity index (χ4n) is 2.11. The molecule has 2 aliphatic heterocycles. The van der Waals surface area contributed by atoms with Gasteiger partial charge in [-0.1, -0.05) is 0 Å². The minimum atomic E-state index is -3.12. The predicted octanol–water partition coefficient (Wildman–Crippen LogP) is -1.66. The van der Waals surface area contributed by atoms with Crippen molar-refractivity contribution in [2.75, 3.05) is 18.8 Å². The average Bonchev–Trinajstić information content (AvgIpc) is 2.47. The number of carbonyl (C=O) groups is 1. The lowest BCUT2D eigenvalue weighted by Crippen LogP contribution is -2.46. The van der Waals surface area contributed by atoms with Gasteiger partial charge in [-0.3, -0.25) is 4.79 Å². The number of amides is 1. The van der Waals surface area contributed by atoms with E-state index in [0.29, 0.717) is 19.5 Å². The maximum atomic E-state index is 11.5. The summed E-state index contributed by atoms with van der Waals surface area (Å²) in [6.07, 6.45) is 0.473. The molecule has 0 radical (unpaired) electrons. The second-order valence-electron chi connectivity index (χ2n) is 3.53. The minimum Gasteiger partial charge on any atom is -0.336 e. The van der Waals surface area contributed by atoms with E-state index in [1.165, 1.54) is 0 Å². The van der Waals surface area contributed by atoms with E-state index in [-0.39, 0.29) is 17.7 Å². The van der Waals surface area contributed by atoms with Crippen molar-refractivity contribution in [1.29, 1.82) is 0 Å². The summed E-state index contributed by atoms with van der Waals surface area (Å²) < 4.78 is 22.6. The molecule has 5 nitrogen and oxygen atoms in total. The van der Waals surface area contributed by atoms with Gasteiger partial charge in [0.1, 0.15) is 5.25 Å². The second kappa shape index (κ2) is 2.68. The number of nitrogens with two attached hydrogens (primary N) is 1. The van der Waals surface area contributed by atoms with Gasteiger partial charge in [0.15, 0.2) is 9.84 Å². The molecule has 74 valence electrons. The highest BCUT2D eigenvalue weighted by Crippen LogP contribution is 2.33. The van der Waals surface area contributed by atoms with Gasteiger partial charge in [-0.15, -0.1) is 0 Å². The number of hydrogen-bond acceptors (Lipinski definition) is 4. The number of likely N-dealkylation sites (tertiary alicyclic amines) is 1. The summed E-state index contributed by atoms with van der Waals surface area (Å²) >= 11 is 0. The van der Waals surface area contributed by atoms with Crippen LogP contribution in [0.4, 0.5) is 0 Å². The Morgan fingerprint density at radius 1 is 1.54 bits per heavy atom. The number of carbonyl (C=O) groups excluding carboxylic acids is 1. The first-order valence-electron chi connectivity index (χ1n) is 4.28. The van der Waals surface area contributed by atoms with E-state index < -0.39 is 15.1 Å². The largest absolute Gasteiger partial charge is 0.336 e. The van der Waals surface area contributed by atoms with E-state index >= 15 is 0 Å². The van der Waals surface area contributed by atoms with Crippen LogP contribution in [0, 0.1) is 0 Å². The smallest absolute Gasteiger partial charge is 0.241 e. The molecule has 2 rings (SSSR count). The van der Waals surface area contributed by atoms with Crippen molar-refractivity contribution >= 4 is 15.7 Å². The Labute approximate surface area is 76.8 Å². The Balaban J connectivity index is 2.23. The summed E-state index contributed by atoms with van der Waals surface area (Å²) in [6.45, 7) is 0.879. The van der Waals surface area contributed by atoms with Crippen molar-refractivity contribution in [3.05, 3.63) is 0 Å². The van der Waals surface area contributed by atoms with Gasteiger partial charge in [0.25, 0.3) is 0 Å². The van der Waals surface area contributed by atoms with Crippen LogP contribution < -0.4 is 5.73 Å². The first-order valence-corrected chi connectivity index (χ1v) is 6.00. The monoisotopic (exact) mass is 204 g/mol. The van der Waals surface area contributed by atoms with Crippen molar-refractivity contribution in [2.45, 2.75) is 17.7 Å². The van der Waals surface area contributed by atoms with E-state index in [9.17, 15) is 13.2 Å². The van der Waals surface area contributed by atoms with Crippen molar-refractivity contribution in [3.63, 3.8) is 0 Å². The molecule has 2 bridgehead atoms. The van der Waals surface area contributed by atoms with E-state index in [1.807, 2.05) is 0 Å². The predicted molar refractivity (Wildman–Crippen MR) is 46.7 cm³/mol. The van der Waals surface area contributed by atoms with Gasteiger partial charge in [-0.25, -0.2) is 8.42 Å². The Bertz CT molecular complexity index is 338. The molecule has 1 amide bonds. The van der Waals surface area contributed by atoms with Crippen LogP contribution in [0.15, 0.2) is 0 Å². The van der Waals surface area contributed by atoms with Crippen molar-refractivity contribution < 1.29 is 13.2 Å². The number of sulfone groups is 1. The number of fused-ring (bicyclic) bond motifs is 2. The lowest BCUT2D eigenvalue weighted by Gasteiger charge is -2.26. The maximum Gasteiger partial charge on any atom is 0.241 e. The van der Waals surface area contributed by atoms with Gasteiger partial charge < -0.3 is 10.6 Å². The second-order valence-corrected chi connectivity index (χ2v) is 5.76. The van der Waals surface area contributed by atoms with Crippen LogP contribution in [0.3, 0.4) is 0 Å². The van der Waals surface area contributed by atoms with Crippen molar-refractivity contribution in [2.24, 2.45) is 5.73 Å². The van der Waals surface area contributed by atoms with Crippen LogP contribution in [0.1, 0.15) is 6.42 Å². The molecule has 0 aromatic rings. The molecule has 2 fully saturated rings. The van der Waals surface area contributed by atoms with Crippen LogP contribution in [-0.2, 0) is 14.6 Å². The fourth-order valence-corrected chi connectivity index (χ4v) is 4.16. The van der Waals surface area contributed by atoms with Gasteiger partial charge in [0.05, 0.1) is 5.75 Å². The zero-order chi connectivity index (χ0) is 9.64. The molecule has 2 saturated heterocycles. The SMILES string of the molecule is NCCN1C(=O)C2CC1CS2(=O)=O. The van der Waals surface area contributed by atoms with Gasteiger partial charge in [-0.05, 0) is 6.42 Å². The highest BCUT2D eigenvalue weighted by molar-refractivity contribution is 7.93. The molecule has 13 heavy (non-hydrogen) atoms. The quantitative estimate of drug-likeness (QED) is 0.584. The van der Waals surface area contributed by atoms with Gasteiger partial charge >= 0.3 is 0 Å². The van der Waals surface area contributed by atoms with Crippen LogP contribution in [-0.4, -0.2) is 49.4 Å². The number of nitrogens with zero attached hydrogens (tertiary/aromatic N) is 1. The summed E-state index contributed by atoms with van der Waals surface area (Å²) in [4.78, 5) is 13.1. The summed E-state index contributed by atoms with van der Waals surface area (Å²) in [6, 6.07) is -0.106. The van der Waals surface area contributed by atoms with Crippen LogP contribution in [0.25, 0.3) is 0 Å². The van der Waals surface area contributed by atoms with Crippen molar-refractivity contribution in [1.82, 2.24) is 4.90 Å². The molecule has 2 N–H and O–H groups in total. The molecule has 2 aliphatic rings. The normalized spacial score (nSPS) is 35.8. The van der Waals surface area contributed by atoms with Gasteiger partial charge in [0.2, 0.25) is 5.91 Å². The van der Waals surface area contributed by atoms with Crippen LogP contribution in [0.2, 0.25) is 0 Å². The highest BCUT2D eigenvalue weighted by atomic mass is 32.2. The Kier molecular flexibility index (Phi) is 1.85. The average molecular weight is 204 g/mol. The molecular weight excluding hydrogens is 192 g/mol. The first-order chi connectivity index (χ1) is 6.06. The van der Waals surface area contributed by atoms with Crippen molar-refractivity contribution in [3.8, 4) is 0 Å². The molecule has 0 aromatic carbocycles. The fraction of sp³-hybridized carbons (Fsp3) is 0.857. The molecule has 2 heterocycles. The molecule has 2 atom stereocenters. The molecule has 0 spiro atoms. The summed E-state index contributed by atoms with van der Waals surface area (Å²) in [5.74, 6) is -0.120. The molecule has 6 heteroatoms. The minimum absolute atomic E-state index is 0.106. The van der Waals surface area contributed by atoms with Crippen LogP contribution >= 0.6 is 0 Å². The molecular formula is C7H12N2O3S. The van der Waals surface area contributed by atoms with Gasteiger partial charge in [-0.2, -0.15) is 0 Å². The summed E-state index contributed by atoms with van der Waals surface area (Å²) in [7, 11) is -3.12. The first kappa shape index (κ1) is 8.96. The third-order valence-corrected chi connectivity index (χ3v) is 4.82. The van der Waals surface area contributed by atoms with E-state index in [0.717, 1.165) is 0 Å². The zero-order valence-corrected chi connectivity index (χ0v) is 7.96. The van der Waals surface area contributed by atoms with E-state index in [2.05, 4.69) is 0 Å². The lowest BCUT2D eigenvalue weighted by atomic mass is 10.2. The summed E-state index contributed by atoms with van der Waals surface area (Å²) in [5.41, 5.74) is 5.33. The third kappa shape index (κ3) is 1.16. The number of rotatable bonds is 2. The molecule has 0 aliphatic carbocycles. The van der Waals surface area contributed by atoms with E-state index in [4.69, 9.17) is 5.73 Å². The van der Waals surface area contributed by atoms with Gasteiger partial charge in [0, 0.05) is 19.1 Å². The standard InChI is InChI=1S/C7H12N2O3S/c8-1-2-9-5-3-6(7(9)10)13(11,12)4-5/h5-6H,1-4,8H2. The summed E-state index contributed by atoms with van der Waals surface area (Å²) in [5, 5.41) is -0.760. The highest BCUT2D eigenvalue weighted by Gasteiger charge is 2.53. The topological polar surface area (TPSA) is 80.5 Å². The molecule has 0 saturated carbocycles. The number of hydrogen-bond donors (Lipinski definition) is 1. The maximum absolute atomic E-state index is 11.5. The van der Waals surface area contributed by atoms with Crippen LogP contribution in [0.5, 0.6) is 0 Å².